The minimum absolute atomic E-state index is 0.234. The molecule has 2 atom stereocenters. The third kappa shape index (κ3) is 4.34. The Bertz CT molecular complexity index is 329. The molecule has 0 bridgehead atoms. The van der Waals surface area contributed by atoms with Crippen LogP contribution in [0.25, 0.3) is 0 Å². The molecule has 0 radical (unpaired) electrons. The summed E-state index contributed by atoms with van der Waals surface area (Å²) in [4.78, 5) is 0.513. The first-order valence-corrected chi connectivity index (χ1v) is 7.24. The Morgan fingerprint density at radius 2 is 1.47 bits per heavy atom. The van der Waals surface area contributed by atoms with Crippen LogP contribution >= 0.6 is 15.9 Å². The van der Waals surface area contributed by atoms with Crippen LogP contribution in [0.3, 0.4) is 0 Å². The normalized spacial score (nSPS) is 15.1. The highest BCUT2D eigenvalue weighted by atomic mass is 79.9. The van der Waals surface area contributed by atoms with Crippen LogP contribution in [0, 0.1) is 5.92 Å². The molecular weight excluding hydrogens is 276 g/mol. The molecule has 0 heterocycles. The van der Waals surface area contributed by atoms with Crippen LogP contribution in [0.15, 0.2) is 24.3 Å². The molecule has 1 aromatic rings. The Kier molecular flexibility index (Phi) is 5.51. The molecular formula is C15H23BrO. The van der Waals surface area contributed by atoms with Gasteiger partial charge in [-0.1, -0.05) is 48.8 Å². The lowest BCUT2D eigenvalue weighted by atomic mass is 9.92. The van der Waals surface area contributed by atoms with E-state index >= 15 is 0 Å². The van der Waals surface area contributed by atoms with Crippen LogP contribution in [0.2, 0.25) is 0 Å². The minimum Gasteiger partial charge on any atom is -0.491 e. The van der Waals surface area contributed by atoms with Crippen LogP contribution in [-0.2, 0) is 0 Å². The van der Waals surface area contributed by atoms with Gasteiger partial charge in [0.1, 0.15) is 5.75 Å². The van der Waals surface area contributed by atoms with Crippen LogP contribution in [0.4, 0.5) is 0 Å². The lowest BCUT2D eigenvalue weighted by Crippen LogP contribution is -2.15. The van der Waals surface area contributed by atoms with E-state index in [1.807, 2.05) is 13.8 Å². The number of hydrogen-bond donors (Lipinski definition) is 0. The zero-order valence-electron chi connectivity index (χ0n) is 11.4. The van der Waals surface area contributed by atoms with Crippen molar-refractivity contribution in [2.45, 2.75) is 51.5 Å². The Morgan fingerprint density at radius 1 is 0.941 bits per heavy atom. The number of rotatable bonds is 5. The van der Waals surface area contributed by atoms with Crippen LogP contribution in [0.5, 0.6) is 5.75 Å². The fourth-order valence-electron chi connectivity index (χ4n) is 1.88. The van der Waals surface area contributed by atoms with Gasteiger partial charge in [-0.2, -0.15) is 0 Å². The first kappa shape index (κ1) is 14.6. The van der Waals surface area contributed by atoms with Crippen molar-refractivity contribution in [1.29, 1.82) is 0 Å². The van der Waals surface area contributed by atoms with Crippen molar-refractivity contribution < 1.29 is 4.74 Å². The molecule has 1 aromatic carbocycles. The van der Waals surface area contributed by atoms with Gasteiger partial charge in [0.2, 0.25) is 0 Å². The SMILES string of the molecule is CC(C)Oc1ccc(C(C)C(Br)C(C)C)cc1. The molecule has 0 aromatic heterocycles. The predicted molar refractivity (Wildman–Crippen MR) is 78.2 cm³/mol. The highest BCUT2D eigenvalue weighted by molar-refractivity contribution is 9.09. The fraction of sp³-hybridized carbons (Fsp3) is 0.600. The largest absolute Gasteiger partial charge is 0.491 e. The van der Waals surface area contributed by atoms with Crippen LogP contribution in [0.1, 0.15) is 46.1 Å². The second-order valence-corrected chi connectivity index (χ2v) is 6.27. The lowest BCUT2D eigenvalue weighted by Gasteiger charge is -2.22. The van der Waals surface area contributed by atoms with Gasteiger partial charge < -0.3 is 4.74 Å². The highest BCUT2D eigenvalue weighted by Gasteiger charge is 2.19. The van der Waals surface area contributed by atoms with E-state index in [9.17, 15) is 0 Å². The Hall–Kier alpha value is -0.500. The first-order valence-electron chi connectivity index (χ1n) is 6.32. The molecule has 2 heteroatoms. The van der Waals surface area contributed by atoms with Crippen molar-refractivity contribution in [3.05, 3.63) is 29.8 Å². The Morgan fingerprint density at radius 3 is 1.88 bits per heavy atom. The van der Waals surface area contributed by atoms with Crippen molar-refractivity contribution in [2.24, 2.45) is 5.92 Å². The summed E-state index contributed by atoms with van der Waals surface area (Å²) in [5.41, 5.74) is 1.36. The third-order valence-electron chi connectivity index (χ3n) is 2.89. The molecule has 0 aliphatic rings. The summed E-state index contributed by atoms with van der Waals surface area (Å²) < 4.78 is 5.65. The van der Waals surface area contributed by atoms with Gasteiger partial charge in [0, 0.05) is 4.83 Å². The summed E-state index contributed by atoms with van der Waals surface area (Å²) >= 11 is 3.77. The summed E-state index contributed by atoms with van der Waals surface area (Å²) in [5, 5.41) is 0. The average Bonchev–Trinajstić information content (AvgIpc) is 2.27. The highest BCUT2D eigenvalue weighted by Crippen LogP contribution is 2.30. The van der Waals surface area contributed by atoms with Gasteiger partial charge in [0.25, 0.3) is 0 Å². The summed E-state index contributed by atoms with van der Waals surface area (Å²) in [7, 11) is 0. The van der Waals surface area contributed by atoms with Gasteiger partial charge in [0.05, 0.1) is 6.10 Å². The minimum atomic E-state index is 0.234. The molecule has 0 fully saturated rings. The van der Waals surface area contributed by atoms with E-state index in [0.29, 0.717) is 16.7 Å². The van der Waals surface area contributed by atoms with Gasteiger partial charge in [-0.15, -0.1) is 0 Å². The van der Waals surface area contributed by atoms with Gasteiger partial charge in [-0.3, -0.25) is 0 Å². The van der Waals surface area contributed by atoms with Crippen LogP contribution < -0.4 is 4.74 Å². The topological polar surface area (TPSA) is 9.23 Å². The fourth-order valence-corrected chi connectivity index (χ4v) is 2.19. The van der Waals surface area contributed by atoms with Gasteiger partial charge in [-0.25, -0.2) is 0 Å². The van der Waals surface area contributed by atoms with Crippen molar-refractivity contribution >= 4 is 15.9 Å². The standard InChI is InChI=1S/C15H23BrO/c1-10(2)15(16)12(5)13-6-8-14(9-7-13)17-11(3)4/h6-12,15H,1-5H3. The number of halogens is 1. The number of benzene rings is 1. The van der Waals surface area contributed by atoms with Gasteiger partial charge >= 0.3 is 0 Å². The van der Waals surface area contributed by atoms with E-state index in [0.717, 1.165) is 5.75 Å². The van der Waals surface area contributed by atoms with Crippen LogP contribution in [-0.4, -0.2) is 10.9 Å². The number of alkyl halides is 1. The van der Waals surface area contributed by atoms with Crippen molar-refractivity contribution in [3.8, 4) is 5.75 Å². The third-order valence-corrected chi connectivity index (χ3v) is 4.74. The summed E-state index contributed by atoms with van der Waals surface area (Å²) in [6, 6.07) is 8.45. The second-order valence-electron chi connectivity index (χ2n) is 5.21. The molecule has 0 saturated heterocycles. The summed E-state index contributed by atoms with van der Waals surface area (Å²) in [5.74, 6) is 2.10. The summed E-state index contributed by atoms with van der Waals surface area (Å²) in [6.07, 6.45) is 0.234. The Balaban J connectivity index is 2.73. The van der Waals surface area contributed by atoms with E-state index in [2.05, 4.69) is 61.0 Å². The second kappa shape index (κ2) is 6.44. The molecule has 0 aliphatic heterocycles. The molecule has 0 N–H and O–H groups in total. The molecule has 17 heavy (non-hydrogen) atoms. The molecule has 0 spiro atoms. The monoisotopic (exact) mass is 298 g/mol. The average molecular weight is 299 g/mol. The molecule has 96 valence electrons. The maximum absolute atomic E-state index is 5.65. The Labute approximate surface area is 114 Å². The van der Waals surface area contributed by atoms with Crippen molar-refractivity contribution in [2.75, 3.05) is 0 Å². The molecule has 0 saturated carbocycles. The smallest absolute Gasteiger partial charge is 0.119 e. The van der Waals surface area contributed by atoms with E-state index in [1.54, 1.807) is 0 Å². The van der Waals surface area contributed by atoms with Crippen molar-refractivity contribution in [1.82, 2.24) is 0 Å². The zero-order chi connectivity index (χ0) is 13.0. The van der Waals surface area contributed by atoms with E-state index < -0.39 is 0 Å². The lowest BCUT2D eigenvalue weighted by molar-refractivity contribution is 0.242. The first-order chi connectivity index (χ1) is 7.91. The quantitative estimate of drug-likeness (QED) is 0.695. The predicted octanol–water partition coefficient (Wildman–Crippen LogP) is 5.00. The van der Waals surface area contributed by atoms with Gasteiger partial charge in [0.15, 0.2) is 0 Å². The maximum Gasteiger partial charge on any atom is 0.119 e. The van der Waals surface area contributed by atoms with Gasteiger partial charge in [-0.05, 0) is 43.4 Å². The van der Waals surface area contributed by atoms with E-state index in [4.69, 9.17) is 4.74 Å². The number of hydrogen-bond acceptors (Lipinski definition) is 1. The number of ether oxygens (including phenoxy) is 1. The maximum atomic E-state index is 5.65. The van der Waals surface area contributed by atoms with E-state index in [1.165, 1.54) is 5.56 Å². The molecule has 0 aliphatic carbocycles. The molecule has 0 amide bonds. The summed E-state index contributed by atoms with van der Waals surface area (Å²) in [6.45, 7) is 10.8. The zero-order valence-corrected chi connectivity index (χ0v) is 13.0. The molecule has 1 nitrogen and oxygen atoms in total. The molecule has 2 unspecified atom stereocenters. The molecule has 1 rings (SSSR count). The van der Waals surface area contributed by atoms with E-state index in [-0.39, 0.29) is 6.10 Å². The van der Waals surface area contributed by atoms with Crippen molar-refractivity contribution in [3.63, 3.8) is 0 Å².